The number of thiophene rings is 1. The van der Waals surface area contributed by atoms with E-state index in [0.717, 1.165) is 0 Å². The van der Waals surface area contributed by atoms with Crippen LogP contribution in [0.1, 0.15) is 49.9 Å². The van der Waals surface area contributed by atoms with Crippen LogP contribution in [0.5, 0.6) is 0 Å². The molecule has 0 aliphatic heterocycles. The lowest BCUT2D eigenvalue weighted by Crippen LogP contribution is -2.15. The SMILES string of the molecule is CC1(C)c2ccccc2-c2ccc(-n3c4ccc(-c5ccccc5)cc4c4cc(-c5ccc6c(c5)C(C)(C)c5ccc7c(sc8ccccc87)c5-6)ccc43)cc21. The van der Waals surface area contributed by atoms with Gasteiger partial charge < -0.3 is 4.57 Å². The molecular weight excluding hydrogens is 695 g/mol. The van der Waals surface area contributed by atoms with Crippen LogP contribution in [0.15, 0.2) is 164 Å². The molecular formula is C54H39NS. The molecule has 0 atom stereocenters. The summed E-state index contributed by atoms with van der Waals surface area (Å²) >= 11 is 1.94. The van der Waals surface area contributed by atoms with E-state index in [-0.39, 0.29) is 10.8 Å². The van der Waals surface area contributed by atoms with E-state index < -0.39 is 0 Å². The third kappa shape index (κ3) is 4.25. The molecule has 0 amide bonds. The van der Waals surface area contributed by atoms with Gasteiger partial charge in [0.2, 0.25) is 0 Å². The van der Waals surface area contributed by atoms with Gasteiger partial charge in [-0.1, -0.05) is 143 Å². The minimum Gasteiger partial charge on any atom is -0.309 e. The van der Waals surface area contributed by atoms with Crippen LogP contribution >= 0.6 is 11.3 Å². The van der Waals surface area contributed by atoms with Crippen LogP contribution in [0.2, 0.25) is 0 Å². The zero-order valence-corrected chi connectivity index (χ0v) is 32.8. The third-order valence-corrected chi connectivity index (χ3v) is 14.4. The Balaban J connectivity index is 1.05. The number of benzene rings is 8. The predicted molar refractivity (Wildman–Crippen MR) is 240 cm³/mol. The number of hydrogen-bond acceptors (Lipinski definition) is 1. The van der Waals surface area contributed by atoms with Gasteiger partial charge in [0, 0.05) is 53.0 Å². The van der Waals surface area contributed by atoms with Crippen LogP contribution in [0, 0.1) is 0 Å². The molecule has 56 heavy (non-hydrogen) atoms. The zero-order chi connectivity index (χ0) is 37.5. The number of hydrogen-bond donors (Lipinski definition) is 0. The van der Waals surface area contributed by atoms with E-state index in [1.165, 1.54) is 114 Å². The molecule has 0 bridgehead atoms. The number of nitrogens with zero attached hydrogens (tertiary/aromatic N) is 1. The summed E-state index contributed by atoms with van der Waals surface area (Å²) in [5, 5.41) is 5.26. The molecule has 0 N–H and O–H groups in total. The summed E-state index contributed by atoms with van der Waals surface area (Å²) in [7, 11) is 0. The maximum Gasteiger partial charge on any atom is 0.0541 e. The molecule has 2 heteroatoms. The van der Waals surface area contributed by atoms with Crippen molar-refractivity contribution in [2.24, 2.45) is 0 Å². The first-order chi connectivity index (χ1) is 27.3. The van der Waals surface area contributed by atoms with Crippen LogP contribution in [0.3, 0.4) is 0 Å². The second kappa shape index (κ2) is 11.2. The van der Waals surface area contributed by atoms with E-state index in [4.69, 9.17) is 0 Å². The first-order valence-electron chi connectivity index (χ1n) is 19.8. The highest BCUT2D eigenvalue weighted by Gasteiger charge is 2.38. The predicted octanol–water partition coefficient (Wildman–Crippen LogP) is 15.1. The average Bonchev–Trinajstić information content (AvgIpc) is 3.91. The third-order valence-electron chi connectivity index (χ3n) is 13.2. The Hall–Kier alpha value is -6.22. The second-order valence-corrected chi connectivity index (χ2v) is 18.0. The normalized spacial score (nSPS) is 14.7. The molecule has 0 saturated heterocycles. The van der Waals surface area contributed by atoms with Gasteiger partial charge in [0.05, 0.1) is 11.0 Å². The van der Waals surface area contributed by atoms with E-state index in [9.17, 15) is 0 Å². The lowest BCUT2D eigenvalue weighted by molar-refractivity contribution is 0.660. The topological polar surface area (TPSA) is 4.93 Å². The standard InChI is InChI=1S/C54H39NS/c1-53(2)44-16-10-8-14-37(44)38-23-21-36(31-47(38)53)55-48-26-19-33(32-12-6-5-7-13-32)28-42(48)43-29-34(20-27-49(43)55)35-18-22-41-46(30-35)54(3,4)45-25-24-40-39-15-9-11-17-50(39)56-52(40)51(41)45/h5-31H,1-4H3. The summed E-state index contributed by atoms with van der Waals surface area (Å²) in [5.41, 5.74) is 19.6. The number of aromatic nitrogens is 1. The van der Waals surface area contributed by atoms with Gasteiger partial charge >= 0.3 is 0 Å². The van der Waals surface area contributed by atoms with Crippen LogP contribution < -0.4 is 0 Å². The largest absolute Gasteiger partial charge is 0.309 e. The fourth-order valence-electron chi connectivity index (χ4n) is 10.3. The van der Waals surface area contributed by atoms with Gasteiger partial charge in [-0.3, -0.25) is 0 Å². The molecule has 10 aromatic rings. The first kappa shape index (κ1) is 32.1. The molecule has 1 nitrogen and oxygen atoms in total. The van der Waals surface area contributed by atoms with Crippen LogP contribution in [-0.2, 0) is 10.8 Å². The zero-order valence-electron chi connectivity index (χ0n) is 31.9. The average molecular weight is 734 g/mol. The minimum absolute atomic E-state index is 0.0713. The molecule has 12 rings (SSSR count). The van der Waals surface area contributed by atoms with E-state index in [1.54, 1.807) is 0 Å². The monoisotopic (exact) mass is 733 g/mol. The van der Waals surface area contributed by atoms with E-state index in [2.05, 4.69) is 196 Å². The van der Waals surface area contributed by atoms with Crippen molar-refractivity contribution >= 4 is 53.3 Å². The van der Waals surface area contributed by atoms with Crippen molar-refractivity contribution in [3.63, 3.8) is 0 Å². The van der Waals surface area contributed by atoms with Gasteiger partial charge in [0.1, 0.15) is 0 Å². The minimum atomic E-state index is -0.100. The van der Waals surface area contributed by atoms with Crippen molar-refractivity contribution in [3.8, 4) is 50.2 Å². The Kier molecular flexibility index (Phi) is 6.40. The molecule has 0 spiro atoms. The quantitative estimate of drug-likeness (QED) is 0.170. The summed E-state index contributed by atoms with van der Waals surface area (Å²) in [5.74, 6) is 0. The van der Waals surface area contributed by atoms with E-state index >= 15 is 0 Å². The van der Waals surface area contributed by atoms with E-state index in [0.29, 0.717) is 0 Å². The lowest BCUT2D eigenvalue weighted by atomic mass is 9.81. The Morgan fingerprint density at radius 2 is 1.00 bits per heavy atom. The highest BCUT2D eigenvalue weighted by molar-refractivity contribution is 7.26. The molecule has 2 heterocycles. The highest BCUT2D eigenvalue weighted by atomic mass is 32.1. The maximum absolute atomic E-state index is 2.49. The van der Waals surface area contributed by atoms with Gasteiger partial charge in [0.25, 0.3) is 0 Å². The van der Waals surface area contributed by atoms with Gasteiger partial charge in [-0.2, -0.15) is 0 Å². The summed E-state index contributed by atoms with van der Waals surface area (Å²) in [6.45, 7) is 9.54. The second-order valence-electron chi connectivity index (χ2n) is 16.9. The van der Waals surface area contributed by atoms with Crippen molar-refractivity contribution in [2.45, 2.75) is 38.5 Å². The van der Waals surface area contributed by atoms with Gasteiger partial charge in [-0.05, 0) is 110 Å². The summed E-state index contributed by atoms with van der Waals surface area (Å²) < 4.78 is 5.25. The van der Waals surface area contributed by atoms with Crippen molar-refractivity contribution in [1.29, 1.82) is 0 Å². The molecule has 0 radical (unpaired) electrons. The van der Waals surface area contributed by atoms with E-state index in [1.807, 2.05) is 11.3 Å². The Bertz CT molecular complexity index is 3300. The molecule has 266 valence electrons. The van der Waals surface area contributed by atoms with Gasteiger partial charge in [0.15, 0.2) is 0 Å². The summed E-state index contributed by atoms with van der Waals surface area (Å²) in [6.07, 6.45) is 0. The van der Waals surface area contributed by atoms with Crippen LogP contribution in [-0.4, -0.2) is 4.57 Å². The van der Waals surface area contributed by atoms with Gasteiger partial charge in [-0.15, -0.1) is 11.3 Å². The summed E-state index contributed by atoms with van der Waals surface area (Å²) in [4.78, 5) is 0. The molecule has 0 unspecified atom stereocenters. The number of fused-ring (bicyclic) bond motifs is 13. The molecule has 2 aliphatic rings. The Labute approximate surface area is 331 Å². The molecule has 2 aliphatic carbocycles. The molecule has 2 aromatic heterocycles. The van der Waals surface area contributed by atoms with Crippen molar-refractivity contribution < 1.29 is 0 Å². The highest BCUT2D eigenvalue weighted by Crippen LogP contribution is 2.55. The van der Waals surface area contributed by atoms with Crippen LogP contribution in [0.25, 0.3) is 92.2 Å². The van der Waals surface area contributed by atoms with Crippen LogP contribution in [0.4, 0.5) is 0 Å². The lowest BCUT2D eigenvalue weighted by Gasteiger charge is -2.22. The maximum atomic E-state index is 2.49. The number of rotatable bonds is 3. The fraction of sp³-hybridized carbons (Fsp3) is 0.111. The van der Waals surface area contributed by atoms with Crippen molar-refractivity contribution in [1.82, 2.24) is 4.57 Å². The Morgan fingerprint density at radius 1 is 0.393 bits per heavy atom. The smallest absolute Gasteiger partial charge is 0.0541 e. The Morgan fingerprint density at radius 3 is 1.80 bits per heavy atom. The van der Waals surface area contributed by atoms with Crippen molar-refractivity contribution in [2.75, 3.05) is 0 Å². The van der Waals surface area contributed by atoms with Gasteiger partial charge in [-0.25, -0.2) is 0 Å². The molecule has 0 fully saturated rings. The first-order valence-corrected chi connectivity index (χ1v) is 20.6. The molecule has 8 aromatic carbocycles. The molecule has 0 saturated carbocycles. The summed E-state index contributed by atoms with van der Waals surface area (Å²) in [6, 6.07) is 61.8. The fourth-order valence-corrected chi connectivity index (χ4v) is 11.6. The van der Waals surface area contributed by atoms with Crippen molar-refractivity contribution in [3.05, 3.63) is 186 Å².